The standard InChI is InChI=1S/C16H27NO2/c1-11(2)10-13-14(16(13,3)4)15(18)17-8-6-12(19-5)7-9-17/h10,12-14H,6-9H2,1-5H3. The molecule has 2 aliphatic rings. The van der Waals surface area contributed by atoms with Gasteiger partial charge in [0.15, 0.2) is 0 Å². The van der Waals surface area contributed by atoms with Crippen LogP contribution in [0.25, 0.3) is 0 Å². The van der Waals surface area contributed by atoms with Crippen LogP contribution >= 0.6 is 0 Å². The second kappa shape index (κ2) is 5.28. The van der Waals surface area contributed by atoms with Crippen LogP contribution in [-0.4, -0.2) is 37.1 Å². The highest BCUT2D eigenvalue weighted by Gasteiger charge is 2.61. The predicted molar refractivity (Wildman–Crippen MR) is 76.8 cm³/mol. The number of carbonyl (C=O) groups excluding carboxylic acids is 1. The monoisotopic (exact) mass is 265 g/mol. The molecule has 1 heterocycles. The van der Waals surface area contributed by atoms with Gasteiger partial charge in [0.2, 0.25) is 5.91 Å². The number of allylic oxidation sites excluding steroid dienone is 2. The highest BCUT2D eigenvalue weighted by atomic mass is 16.5. The zero-order chi connectivity index (χ0) is 14.2. The lowest BCUT2D eigenvalue weighted by atomic mass is 10.1. The lowest BCUT2D eigenvalue weighted by Gasteiger charge is -2.31. The third-order valence-corrected chi connectivity index (χ3v) is 4.78. The molecule has 0 spiro atoms. The van der Waals surface area contributed by atoms with Crippen LogP contribution in [0.2, 0.25) is 0 Å². The highest BCUT2D eigenvalue weighted by Crippen LogP contribution is 2.60. The molecule has 19 heavy (non-hydrogen) atoms. The van der Waals surface area contributed by atoms with Gasteiger partial charge in [0.25, 0.3) is 0 Å². The van der Waals surface area contributed by atoms with Crippen molar-refractivity contribution < 1.29 is 9.53 Å². The summed E-state index contributed by atoms with van der Waals surface area (Å²) >= 11 is 0. The van der Waals surface area contributed by atoms with Crippen LogP contribution in [0.15, 0.2) is 11.6 Å². The van der Waals surface area contributed by atoms with E-state index in [2.05, 4.69) is 33.8 Å². The first kappa shape index (κ1) is 14.6. The number of rotatable bonds is 3. The van der Waals surface area contributed by atoms with Crippen molar-refractivity contribution in [3.05, 3.63) is 11.6 Å². The summed E-state index contributed by atoms with van der Waals surface area (Å²) in [6.07, 6.45) is 4.56. The summed E-state index contributed by atoms with van der Waals surface area (Å²) in [5, 5.41) is 0. The number of hydrogen-bond acceptors (Lipinski definition) is 2. The minimum Gasteiger partial charge on any atom is -0.381 e. The van der Waals surface area contributed by atoms with Crippen LogP contribution < -0.4 is 0 Å². The number of amides is 1. The molecule has 2 unspecified atom stereocenters. The average Bonchev–Trinajstić information content (AvgIpc) is 2.89. The molecule has 1 saturated carbocycles. The molecule has 2 atom stereocenters. The van der Waals surface area contributed by atoms with E-state index in [9.17, 15) is 4.79 Å². The van der Waals surface area contributed by atoms with Gasteiger partial charge in [0.05, 0.1) is 12.0 Å². The van der Waals surface area contributed by atoms with E-state index in [-0.39, 0.29) is 11.3 Å². The van der Waals surface area contributed by atoms with E-state index in [1.165, 1.54) is 5.57 Å². The molecular weight excluding hydrogens is 238 g/mol. The maximum atomic E-state index is 12.6. The number of hydrogen-bond donors (Lipinski definition) is 0. The second-order valence-corrected chi connectivity index (χ2v) is 6.83. The summed E-state index contributed by atoms with van der Waals surface area (Å²) < 4.78 is 5.36. The van der Waals surface area contributed by atoms with Crippen LogP contribution in [0.4, 0.5) is 0 Å². The molecule has 1 amide bonds. The zero-order valence-corrected chi connectivity index (χ0v) is 12.9. The highest BCUT2D eigenvalue weighted by molar-refractivity contribution is 5.84. The van der Waals surface area contributed by atoms with Gasteiger partial charge in [-0.1, -0.05) is 25.5 Å². The van der Waals surface area contributed by atoms with Gasteiger partial charge in [0, 0.05) is 20.2 Å². The molecule has 0 radical (unpaired) electrons. The summed E-state index contributed by atoms with van der Waals surface area (Å²) in [5.41, 5.74) is 1.44. The van der Waals surface area contributed by atoms with Crippen molar-refractivity contribution in [2.45, 2.75) is 46.6 Å². The van der Waals surface area contributed by atoms with E-state index in [4.69, 9.17) is 4.74 Å². The molecule has 3 nitrogen and oxygen atoms in total. The molecule has 0 aromatic rings. The number of piperidine rings is 1. The van der Waals surface area contributed by atoms with E-state index in [0.29, 0.717) is 17.9 Å². The quantitative estimate of drug-likeness (QED) is 0.734. The summed E-state index contributed by atoms with van der Waals surface area (Å²) in [5.74, 6) is 0.952. The fourth-order valence-corrected chi connectivity index (χ4v) is 3.33. The molecule has 1 aliphatic heterocycles. The maximum absolute atomic E-state index is 12.6. The van der Waals surface area contributed by atoms with Crippen molar-refractivity contribution in [1.82, 2.24) is 4.90 Å². The molecule has 2 rings (SSSR count). The topological polar surface area (TPSA) is 29.5 Å². The Morgan fingerprint density at radius 3 is 2.32 bits per heavy atom. The molecule has 3 heteroatoms. The Balaban J connectivity index is 1.96. The summed E-state index contributed by atoms with van der Waals surface area (Å²) in [6.45, 7) is 10.3. The first-order chi connectivity index (χ1) is 8.87. The minimum atomic E-state index is 0.131. The van der Waals surface area contributed by atoms with Gasteiger partial charge in [-0.05, 0) is 38.0 Å². The molecule has 0 aromatic carbocycles. The molecule has 1 saturated heterocycles. The SMILES string of the molecule is COC1CCN(C(=O)C2C(C=C(C)C)C2(C)C)CC1. The van der Waals surface area contributed by atoms with Crippen molar-refractivity contribution >= 4 is 5.91 Å². The van der Waals surface area contributed by atoms with Gasteiger partial charge >= 0.3 is 0 Å². The smallest absolute Gasteiger partial charge is 0.226 e. The van der Waals surface area contributed by atoms with E-state index in [0.717, 1.165) is 25.9 Å². The first-order valence-corrected chi connectivity index (χ1v) is 7.34. The first-order valence-electron chi connectivity index (χ1n) is 7.34. The Hall–Kier alpha value is -0.830. The largest absolute Gasteiger partial charge is 0.381 e. The zero-order valence-electron chi connectivity index (χ0n) is 12.9. The van der Waals surface area contributed by atoms with Gasteiger partial charge in [-0.15, -0.1) is 0 Å². The summed E-state index contributed by atoms with van der Waals surface area (Å²) in [6, 6.07) is 0. The lowest BCUT2D eigenvalue weighted by Crippen LogP contribution is -2.42. The van der Waals surface area contributed by atoms with Gasteiger partial charge in [-0.2, -0.15) is 0 Å². The molecule has 0 N–H and O–H groups in total. The molecular formula is C16H27NO2. The number of carbonyl (C=O) groups is 1. The van der Waals surface area contributed by atoms with Gasteiger partial charge < -0.3 is 9.64 Å². The Labute approximate surface area is 117 Å². The van der Waals surface area contributed by atoms with Crippen molar-refractivity contribution in [3.8, 4) is 0 Å². The third kappa shape index (κ3) is 2.86. The lowest BCUT2D eigenvalue weighted by molar-refractivity contribution is -0.135. The average molecular weight is 265 g/mol. The number of ether oxygens (including phenoxy) is 1. The number of likely N-dealkylation sites (tertiary alicyclic amines) is 1. The fraction of sp³-hybridized carbons (Fsp3) is 0.812. The molecule has 0 bridgehead atoms. The van der Waals surface area contributed by atoms with Gasteiger partial charge in [-0.25, -0.2) is 0 Å². The fourth-order valence-electron chi connectivity index (χ4n) is 3.33. The van der Waals surface area contributed by atoms with Crippen LogP contribution in [0.5, 0.6) is 0 Å². The molecule has 2 fully saturated rings. The Morgan fingerprint density at radius 1 is 1.26 bits per heavy atom. The Morgan fingerprint density at radius 2 is 1.84 bits per heavy atom. The van der Waals surface area contributed by atoms with Crippen LogP contribution in [0.1, 0.15) is 40.5 Å². The van der Waals surface area contributed by atoms with Crippen molar-refractivity contribution in [1.29, 1.82) is 0 Å². The van der Waals surface area contributed by atoms with Crippen molar-refractivity contribution in [3.63, 3.8) is 0 Å². The van der Waals surface area contributed by atoms with E-state index in [1.54, 1.807) is 7.11 Å². The normalized spacial score (nSPS) is 30.1. The van der Waals surface area contributed by atoms with Gasteiger partial charge in [-0.3, -0.25) is 4.79 Å². The van der Waals surface area contributed by atoms with Crippen molar-refractivity contribution in [2.75, 3.05) is 20.2 Å². The maximum Gasteiger partial charge on any atom is 0.226 e. The summed E-state index contributed by atoms with van der Waals surface area (Å²) in [7, 11) is 1.76. The third-order valence-electron chi connectivity index (χ3n) is 4.78. The van der Waals surface area contributed by atoms with Crippen LogP contribution in [0, 0.1) is 17.3 Å². The number of methoxy groups -OCH3 is 1. The van der Waals surface area contributed by atoms with E-state index in [1.807, 2.05) is 4.90 Å². The minimum absolute atomic E-state index is 0.131. The van der Waals surface area contributed by atoms with Gasteiger partial charge in [0.1, 0.15) is 0 Å². The Kier molecular flexibility index (Phi) is 4.05. The molecule has 108 valence electrons. The number of nitrogens with zero attached hydrogens (tertiary/aromatic N) is 1. The summed E-state index contributed by atoms with van der Waals surface area (Å²) in [4.78, 5) is 14.7. The predicted octanol–water partition coefficient (Wildman–Crippen LogP) is 2.86. The second-order valence-electron chi connectivity index (χ2n) is 6.83. The Bertz CT molecular complexity index is 374. The van der Waals surface area contributed by atoms with E-state index < -0.39 is 0 Å². The van der Waals surface area contributed by atoms with Crippen LogP contribution in [0.3, 0.4) is 0 Å². The molecule has 1 aliphatic carbocycles. The van der Waals surface area contributed by atoms with Crippen molar-refractivity contribution in [2.24, 2.45) is 17.3 Å². The van der Waals surface area contributed by atoms with Crippen LogP contribution in [-0.2, 0) is 9.53 Å². The van der Waals surface area contributed by atoms with E-state index >= 15 is 0 Å². The molecule has 0 aromatic heterocycles.